The quantitative estimate of drug-likeness (QED) is 0.0272. The van der Waals surface area contributed by atoms with Crippen LogP contribution in [-0.2, 0) is 18.4 Å². The molecule has 0 rings (SSSR count). The number of nitrogens with one attached hydrogen (secondary N) is 1. The van der Waals surface area contributed by atoms with Crippen LogP contribution in [0.25, 0.3) is 0 Å². The molecule has 0 aromatic rings. The van der Waals surface area contributed by atoms with E-state index in [2.05, 4.69) is 19.2 Å². The molecule has 1 amide bonds. The molecule has 0 aromatic carbocycles. The van der Waals surface area contributed by atoms with Crippen molar-refractivity contribution < 1.29 is 32.9 Å². The maximum atomic E-state index is 13.0. The van der Waals surface area contributed by atoms with E-state index >= 15 is 0 Å². The van der Waals surface area contributed by atoms with Gasteiger partial charge in [-0.25, -0.2) is 0 Å². The minimum Gasteiger partial charge on any atom is -0.756 e. The second-order valence-corrected chi connectivity index (χ2v) is 27.4. The largest absolute Gasteiger partial charge is 0.756 e. The first-order chi connectivity index (χ1) is 38.5. The number of phosphoric acid groups is 1. The smallest absolute Gasteiger partial charge is 0.268 e. The molecule has 0 spiro atoms. The zero-order chi connectivity index (χ0) is 57.7. The predicted octanol–water partition coefficient (Wildman–Crippen LogP) is 21.9. The van der Waals surface area contributed by atoms with Gasteiger partial charge in [-0.2, -0.15) is 0 Å². The zero-order valence-electron chi connectivity index (χ0n) is 54.1. The molecule has 0 aliphatic heterocycles. The highest BCUT2D eigenvalue weighted by molar-refractivity contribution is 7.45. The van der Waals surface area contributed by atoms with Crippen LogP contribution in [0.3, 0.4) is 0 Å². The Morgan fingerprint density at radius 1 is 0.430 bits per heavy atom. The molecule has 0 bridgehead atoms. The van der Waals surface area contributed by atoms with Crippen LogP contribution in [-0.4, -0.2) is 68.5 Å². The third kappa shape index (κ3) is 64.7. The number of unbranched alkanes of at least 4 members (excludes halogenated alkanes) is 54. The number of carbonyl (C=O) groups is 1. The van der Waals surface area contributed by atoms with Gasteiger partial charge >= 0.3 is 0 Å². The van der Waals surface area contributed by atoms with Crippen molar-refractivity contribution in [3.63, 3.8) is 0 Å². The normalized spacial score (nSPS) is 13.7. The van der Waals surface area contributed by atoms with E-state index in [1.54, 1.807) is 6.08 Å². The van der Waals surface area contributed by atoms with Crippen LogP contribution in [0.1, 0.15) is 380 Å². The molecule has 472 valence electrons. The molecule has 79 heavy (non-hydrogen) atoms. The molecule has 8 nitrogen and oxygen atoms in total. The van der Waals surface area contributed by atoms with Gasteiger partial charge in [-0.05, 0) is 19.3 Å². The average molecular weight is 1140 g/mol. The molecule has 0 saturated heterocycles. The molecule has 0 fully saturated rings. The molecule has 0 aliphatic rings. The molecular formula is C70H141N2O6P. The molecule has 0 saturated carbocycles. The molecule has 9 heteroatoms. The highest BCUT2D eigenvalue weighted by Gasteiger charge is 2.23. The summed E-state index contributed by atoms with van der Waals surface area (Å²) in [5, 5.41) is 14.0. The second-order valence-electron chi connectivity index (χ2n) is 26.0. The lowest BCUT2D eigenvalue weighted by Crippen LogP contribution is -2.45. The molecule has 0 heterocycles. The summed E-state index contributed by atoms with van der Waals surface area (Å²) >= 11 is 0. The second kappa shape index (κ2) is 61.8. The van der Waals surface area contributed by atoms with Gasteiger partial charge < -0.3 is 28.8 Å². The van der Waals surface area contributed by atoms with E-state index in [4.69, 9.17) is 9.05 Å². The van der Waals surface area contributed by atoms with Crippen LogP contribution in [0, 0.1) is 0 Å². The number of allylic oxidation sites excluding steroid dienone is 1. The number of phosphoric ester groups is 1. The number of hydrogen-bond donors (Lipinski definition) is 2. The lowest BCUT2D eigenvalue weighted by Gasteiger charge is -2.29. The fourth-order valence-electron chi connectivity index (χ4n) is 11.2. The van der Waals surface area contributed by atoms with Gasteiger partial charge in [0.05, 0.1) is 39.9 Å². The Labute approximate surface area is 494 Å². The predicted molar refractivity (Wildman–Crippen MR) is 344 cm³/mol. The van der Waals surface area contributed by atoms with Gasteiger partial charge in [0.1, 0.15) is 13.2 Å². The molecular weight excluding hydrogens is 996 g/mol. The van der Waals surface area contributed by atoms with E-state index in [0.29, 0.717) is 17.4 Å². The summed E-state index contributed by atoms with van der Waals surface area (Å²) < 4.78 is 23.5. The van der Waals surface area contributed by atoms with Crippen molar-refractivity contribution in [3.8, 4) is 0 Å². The van der Waals surface area contributed by atoms with E-state index in [-0.39, 0.29) is 19.1 Å². The zero-order valence-corrected chi connectivity index (χ0v) is 55.0. The van der Waals surface area contributed by atoms with Gasteiger partial charge in [-0.1, -0.05) is 366 Å². The first-order valence-electron chi connectivity index (χ1n) is 35.6. The standard InChI is InChI=1S/C70H141N2O6P/c1-6-8-10-12-14-16-18-20-22-24-26-28-30-32-33-34-35-36-37-38-39-40-42-44-46-48-50-52-54-56-58-60-62-64-70(74)71-68(67-78-79(75,76)77-66-65-72(3,4)5)69(73)63-61-59-57-55-53-51-49-47-45-43-41-31-29-27-25-23-21-19-17-15-13-11-9-7-2/h61,63,68-69,73H,6-60,62,64-67H2,1-5H3,(H-,71,74,75,76)/b63-61+. The van der Waals surface area contributed by atoms with E-state index in [1.165, 1.54) is 321 Å². The summed E-state index contributed by atoms with van der Waals surface area (Å²) in [4.78, 5) is 25.6. The monoisotopic (exact) mass is 1140 g/mol. The molecule has 0 radical (unpaired) electrons. The summed E-state index contributed by atoms with van der Waals surface area (Å²) in [5.74, 6) is -0.187. The number of rotatable bonds is 67. The van der Waals surface area contributed by atoms with Gasteiger partial charge in [-0.15, -0.1) is 0 Å². The maximum Gasteiger partial charge on any atom is 0.268 e. The average Bonchev–Trinajstić information content (AvgIpc) is 3.42. The summed E-state index contributed by atoms with van der Waals surface area (Å²) in [5.41, 5.74) is 0. The number of quaternary nitrogens is 1. The van der Waals surface area contributed by atoms with Crippen molar-refractivity contribution in [2.75, 3.05) is 40.9 Å². The summed E-state index contributed by atoms with van der Waals surface area (Å²) in [6.07, 6.45) is 79.1. The van der Waals surface area contributed by atoms with Crippen LogP contribution < -0.4 is 10.2 Å². The van der Waals surface area contributed by atoms with Gasteiger partial charge in [0.2, 0.25) is 5.91 Å². The van der Waals surface area contributed by atoms with E-state index in [1.807, 2.05) is 27.2 Å². The topological polar surface area (TPSA) is 108 Å². The summed E-state index contributed by atoms with van der Waals surface area (Å²) in [6.45, 7) is 4.72. The molecule has 0 aliphatic carbocycles. The van der Waals surface area contributed by atoms with Crippen molar-refractivity contribution in [1.82, 2.24) is 5.32 Å². The summed E-state index contributed by atoms with van der Waals surface area (Å²) in [7, 11) is 1.28. The number of nitrogens with zero attached hydrogens (tertiary/aromatic N) is 1. The SMILES string of the molecule is CCCCCCCCCCCCCCCCCCCCCCCC/C=C/C(O)C(COP(=O)([O-])OCC[N+](C)(C)C)NC(=O)CCCCCCCCCCCCCCCCCCCCCCCCCCCCCCCCCCC. The van der Waals surface area contributed by atoms with Crippen molar-refractivity contribution in [3.05, 3.63) is 12.2 Å². The molecule has 3 atom stereocenters. The summed E-state index contributed by atoms with van der Waals surface area (Å²) in [6, 6.07) is -0.884. The number of hydrogen-bond acceptors (Lipinski definition) is 6. The Bertz CT molecular complexity index is 1290. The first-order valence-corrected chi connectivity index (χ1v) is 37.0. The number of likely N-dealkylation sites (N-methyl/N-ethyl adjacent to an activating group) is 1. The third-order valence-electron chi connectivity index (χ3n) is 16.7. The Kier molecular flexibility index (Phi) is 61.2. The number of amides is 1. The highest BCUT2D eigenvalue weighted by atomic mass is 31.2. The van der Waals surface area contributed by atoms with Gasteiger partial charge in [0, 0.05) is 6.42 Å². The first kappa shape index (κ1) is 78.2. The fraction of sp³-hybridized carbons (Fsp3) is 0.957. The van der Waals surface area contributed by atoms with Crippen LogP contribution in [0.15, 0.2) is 12.2 Å². The lowest BCUT2D eigenvalue weighted by atomic mass is 10.0. The molecule has 3 unspecified atom stereocenters. The molecule has 2 N–H and O–H groups in total. The Balaban J connectivity index is 3.99. The fourth-order valence-corrected chi connectivity index (χ4v) is 11.9. The maximum absolute atomic E-state index is 13.0. The highest BCUT2D eigenvalue weighted by Crippen LogP contribution is 2.38. The van der Waals surface area contributed by atoms with Crippen molar-refractivity contribution >= 4 is 13.7 Å². The van der Waals surface area contributed by atoms with Crippen molar-refractivity contribution in [2.24, 2.45) is 0 Å². The van der Waals surface area contributed by atoms with E-state index < -0.39 is 20.0 Å². The van der Waals surface area contributed by atoms with E-state index in [0.717, 1.165) is 38.5 Å². The van der Waals surface area contributed by atoms with E-state index in [9.17, 15) is 19.4 Å². The Morgan fingerprint density at radius 3 is 0.949 bits per heavy atom. The number of aliphatic hydroxyl groups is 1. The lowest BCUT2D eigenvalue weighted by molar-refractivity contribution is -0.870. The molecule has 0 aromatic heterocycles. The van der Waals surface area contributed by atoms with Crippen LogP contribution in [0.4, 0.5) is 0 Å². The van der Waals surface area contributed by atoms with Crippen molar-refractivity contribution in [1.29, 1.82) is 0 Å². The number of aliphatic hydroxyl groups excluding tert-OH is 1. The Morgan fingerprint density at radius 2 is 0.684 bits per heavy atom. The third-order valence-corrected chi connectivity index (χ3v) is 17.7. The van der Waals surface area contributed by atoms with Crippen LogP contribution >= 0.6 is 7.82 Å². The van der Waals surface area contributed by atoms with Gasteiger partial charge in [0.15, 0.2) is 0 Å². The van der Waals surface area contributed by atoms with Gasteiger partial charge in [-0.3, -0.25) is 9.36 Å². The Hall–Kier alpha value is -0.760. The minimum absolute atomic E-state index is 0.00300. The number of carbonyl (C=O) groups excluding carboxylic acids is 1. The van der Waals surface area contributed by atoms with Crippen LogP contribution in [0.2, 0.25) is 0 Å². The van der Waals surface area contributed by atoms with Gasteiger partial charge in [0.25, 0.3) is 7.82 Å². The minimum atomic E-state index is -4.60. The van der Waals surface area contributed by atoms with Crippen molar-refractivity contribution in [2.45, 2.75) is 392 Å². The van der Waals surface area contributed by atoms with Crippen LogP contribution in [0.5, 0.6) is 0 Å².